The molecule has 0 aliphatic carbocycles. The Bertz CT molecular complexity index is 334. The molecule has 0 aromatic carbocycles. The lowest BCUT2D eigenvalue weighted by Crippen LogP contribution is -2.46. The summed E-state index contributed by atoms with van der Waals surface area (Å²) in [4.78, 5) is 32.5. The number of alkyl carbamates (subject to hydrolysis) is 1. The fraction of sp³-hybridized carbons (Fsp3) is 0.700. The van der Waals surface area contributed by atoms with E-state index < -0.39 is 42.2 Å². The lowest BCUT2D eigenvalue weighted by Gasteiger charge is -2.22. The molecule has 4 N–H and O–H groups in total. The second-order valence-electron chi connectivity index (χ2n) is 4.63. The van der Waals surface area contributed by atoms with E-state index in [1.165, 1.54) is 0 Å². The molecule has 0 spiro atoms. The van der Waals surface area contributed by atoms with Crippen LogP contribution in [-0.2, 0) is 14.3 Å². The van der Waals surface area contributed by atoms with Crippen LogP contribution in [0, 0.1) is 0 Å². The maximum Gasteiger partial charge on any atom is 0.408 e. The van der Waals surface area contributed by atoms with Gasteiger partial charge in [0.1, 0.15) is 11.6 Å². The summed E-state index contributed by atoms with van der Waals surface area (Å²) in [5, 5.41) is 28.2. The summed E-state index contributed by atoms with van der Waals surface area (Å²) in [6.07, 6.45) is -3.52. The number of carboxylic acids is 2. The van der Waals surface area contributed by atoms with Crippen LogP contribution >= 0.6 is 0 Å². The first-order valence-corrected chi connectivity index (χ1v) is 5.16. The summed E-state index contributed by atoms with van der Waals surface area (Å²) in [5.74, 6) is -3.02. The van der Waals surface area contributed by atoms with Gasteiger partial charge in [0, 0.05) is 6.42 Å². The number of hydrogen-bond acceptors (Lipinski definition) is 5. The molecule has 0 aliphatic rings. The molecule has 0 rings (SSSR count). The Balaban J connectivity index is 4.50. The van der Waals surface area contributed by atoms with Crippen molar-refractivity contribution in [3.05, 3.63) is 0 Å². The fourth-order valence-corrected chi connectivity index (χ4v) is 0.995. The number of aliphatic hydroxyl groups is 1. The smallest absolute Gasteiger partial charge is 0.408 e. The van der Waals surface area contributed by atoms with Crippen LogP contribution in [0.1, 0.15) is 27.2 Å². The first-order chi connectivity index (χ1) is 8.03. The molecule has 8 nitrogen and oxygen atoms in total. The second kappa shape index (κ2) is 6.20. The van der Waals surface area contributed by atoms with E-state index in [0.717, 1.165) is 0 Å². The molecule has 104 valence electrons. The van der Waals surface area contributed by atoms with Gasteiger partial charge in [-0.2, -0.15) is 0 Å². The Morgan fingerprint density at radius 3 is 2.00 bits per heavy atom. The first-order valence-electron chi connectivity index (χ1n) is 5.16. The zero-order valence-electron chi connectivity index (χ0n) is 10.3. The average Bonchev–Trinajstić information content (AvgIpc) is 2.12. The Hall–Kier alpha value is -1.83. The van der Waals surface area contributed by atoms with E-state index >= 15 is 0 Å². The minimum atomic E-state index is -1.87. The van der Waals surface area contributed by atoms with Crippen molar-refractivity contribution >= 4 is 18.0 Å². The van der Waals surface area contributed by atoms with Crippen LogP contribution in [0.4, 0.5) is 4.79 Å². The molecule has 2 atom stereocenters. The number of hydrogen-bond donors (Lipinski definition) is 4. The summed E-state index contributed by atoms with van der Waals surface area (Å²) in [7, 11) is 0. The Labute approximate surface area is 104 Å². The summed E-state index contributed by atoms with van der Waals surface area (Å²) < 4.78 is 4.82. The predicted molar refractivity (Wildman–Crippen MR) is 59.1 cm³/mol. The third kappa shape index (κ3) is 6.69. The highest BCUT2D eigenvalue weighted by Crippen LogP contribution is 2.08. The lowest BCUT2D eigenvalue weighted by molar-refractivity contribution is -0.148. The zero-order valence-corrected chi connectivity index (χ0v) is 10.3. The van der Waals surface area contributed by atoms with Gasteiger partial charge in [0.15, 0.2) is 6.10 Å². The second-order valence-corrected chi connectivity index (χ2v) is 4.63. The third-order valence-corrected chi connectivity index (χ3v) is 1.73. The molecule has 18 heavy (non-hydrogen) atoms. The van der Waals surface area contributed by atoms with Crippen LogP contribution in [0.25, 0.3) is 0 Å². The van der Waals surface area contributed by atoms with Crippen LogP contribution in [0.5, 0.6) is 0 Å². The van der Waals surface area contributed by atoms with E-state index in [9.17, 15) is 14.4 Å². The normalized spacial score (nSPS) is 14.4. The SMILES string of the molecule is CC(C)(C)OC(=O)NC(CC(O)C(=O)O)C(=O)O. The lowest BCUT2D eigenvalue weighted by atomic mass is 10.1. The largest absolute Gasteiger partial charge is 0.480 e. The number of nitrogens with one attached hydrogen (secondary N) is 1. The van der Waals surface area contributed by atoms with Crippen LogP contribution in [0.3, 0.4) is 0 Å². The number of ether oxygens (including phenoxy) is 1. The van der Waals surface area contributed by atoms with Crippen LogP contribution in [-0.4, -0.2) is 51.1 Å². The molecule has 0 heterocycles. The van der Waals surface area contributed by atoms with Gasteiger partial charge in [-0.05, 0) is 20.8 Å². The van der Waals surface area contributed by atoms with Crippen molar-refractivity contribution in [3.63, 3.8) is 0 Å². The van der Waals surface area contributed by atoms with Crippen molar-refractivity contribution in [2.45, 2.75) is 44.9 Å². The van der Waals surface area contributed by atoms with Crippen molar-refractivity contribution in [2.75, 3.05) is 0 Å². The Morgan fingerprint density at radius 2 is 1.67 bits per heavy atom. The van der Waals surface area contributed by atoms with Crippen molar-refractivity contribution in [3.8, 4) is 0 Å². The maximum atomic E-state index is 11.3. The molecule has 0 radical (unpaired) electrons. The number of carbonyl (C=O) groups excluding carboxylic acids is 1. The number of aliphatic hydroxyl groups excluding tert-OH is 1. The van der Waals surface area contributed by atoms with Gasteiger partial charge in [-0.1, -0.05) is 0 Å². The minimum absolute atomic E-state index is 0.649. The third-order valence-electron chi connectivity index (χ3n) is 1.73. The number of rotatable bonds is 5. The van der Waals surface area contributed by atoms with Gasteiger partial charge in [-0.15, -0.1) is 0 Å². The summed E-state index contributed by atoms with van der Waals surface area (Å²) in [6.45, 7) is 4.78. The van der Waals surface area contributed by atoms with E-state index in [4.69, 9.17) is 20.1 Å². The van der Waals surface area contributed by atoms with Gasteiger partial charge in [-0.25, -0.2) is 14.4 Å². The van der Waals surface area contributed by atoms with Crippen molar-refractivity contribution in [1.29, 1.82) is 0 Å². The number of carboxylic acid groups (broad SMARTS) is 2. The molecule has 2 unspecified atom stereocenters. The van der Waals surface area contributed by atoms with Gasteiger partial charge in [0.25, 0.3) is 0 Å². The van der Waals surface area contributed by atoms with Crippen LogP contribution in [0.2, 0.25) is 0 Å². The quantitative estimate of drug-likeness (QED) is 0.539. The molecule has 0 aromatic rings. The van der Waals surface area contributed by atoms with E-state index in [1.807, 2.05) is 5.32 Å². The highest BCUT2D eigenvalue weighted by atomic mass is 16.6. The summed E-state index contributed by atoms with van der Waals surface area (Å²) >= 11 is 0. The highest BCUT2D eigenvalue weighted by Gasteiger charge is 2.28. The molecule has 8 heteroatoms. The predicted octanol–water partition coefficient (Wildman–Crippen LogP) is -0.200. The summed E-state index contributed by atoms with van der Waals surface area (Å²) in [6, 6.07) is -1.54. The molecular weight excluding hydrogens is 246 g/mol. The average molecular weight is 263 g/mol. The Kier molecular flexibility index (Phi) is 5.57. The molecule has 0 bridgehead atoms. The van der Waals surface area contributed by atoms with Crippen molar-refractivity contribution in [1.82, 2.24) is 5.32 Å². The van der Waals surface area contributed by atoms with Crippen LogP contribution in [0.15, 0.2) is 0 Å². The van der Waals surface area contributed by atoms with E-state index in [0.29, 0.717) is 0 Å². The fourth-order valence-electron chi connectivity index (χ4n) is 0.995. The molecule has 0 saturated heterocycles. The zero-order chi connectivity index (χ0) is 14.5. The van der Waals surface area contributed by atoms with Gasteiger partial charge in [0.2, 0.25) is 0 Å². The molecule has 0 aromatic heterocycles. The monoisotopic (exact) mass is 263 g/mol. The van der Waals surface area contributed by atoms with Crippen molar-refractivity contribution < 1.29 is 34.4 Å². The van der Waals surface area contributed by atoms with E-state index in [-0.39, 0.29) is 0 Å². The summed E-state index contributed by atoms with van der Waals surface area (Å²) in [5.41, 5.74) is -0.807. The van der Waals surface area contributed by atoms with Gasteiger partial charge < -0.3 is 25.4 Å². The molecule has 0 saturated carbocycles. The van der Waals surface area contributed by atoms with Crippen molar-refractivity contribution in [2.24, 2.45) is 0 Å². The topological polar surface area (TPSA) is 133 Å². The van der Waals surface area contributed by atoms with Gasteiger partial charge >= 0.3 is 18.0 Å². The van der Waals surface area contributed by atoms with Crippen LogP contribution < -0.4 is 5.32 Å². The number of aliphatic carboxylic acids is 2. The van der Waals surface area contributed by atoms with Gasteiger partial charge in [-0.3, -0.25) is 0 Å². The molecular formula is C10H17NO7. The van der Waals surface area contributed by atoms with E-state index in [1.54, 1.807) is 20.8 Å². The Morgan fingerprint density at radius 1 is 1.17 bits per heavy atom. The molecule has 1 amide bonds. The highest BCUT2D eigenvalue weighted by molar-refractivity contribution is 5.81. The molecule has 0 fully saturated rings. The number of carbonyl (C=O) groups is 3. The standard InChI is InChI=1S/C10H17NO7/c1-10(2,3)18-9(17)11-5(7(13)14)4-6(12)8(15)16/h5-6,12H,4H2,1-3H3,(H,11,17)(H,13,14)(H,15,16). The minimum Gasteiger partial charge on any atom is -0.480 e. The maximum absolute atomic E-state index is 11.3. The number of amides is 1. The van der Waals surface area contributed by atoms with Gasteiger partial charge in [0.05, 0.1) is 0 Å². The molecule has 0 aliphatic heterocycles. The van der Waals surface area contributed by atoms with E-state index in [2.05, 4.69) is 0 Å². The first kappa shape index (κ1) is 16.2.